The molecule has 1 aliphatic carbocycles. The van der Waals surface area contributed by atoms with E-state index in [0.717, 1.165) is 18.4 Å². The van der Waals surface area contributed by atoms with Gasteiger partial charge in [0.2, 0.25) is 0 Å². The molecule has 0 aliphatic heterocycles. The van der Waals surface area contributed by atoms with Gasteiger partial charge in [0.25, 0.3) is 5.91 Å². The van der Waals surface area contributed by atoms with Crippen LogP contribution in [0.2, 0.25) is 0 Å². The summed E-state index contributed by atoms with van der Waals surface area (Å²) in [6.45, 7) is 1.29. The van der Waals surface area contributed by atoms with Crippen LogP contribution >= 0.6 is 0 Å². The highest BCUT2D eigenvalue weighted by Crippen LogP contribution is 2.22. The van der Waals surface area contributed by atoms with E-state index in [0.29, 0.717) is 0 Å². The summed E-state index contributed by atoms with van der Waals surface area (Å²) in [5.74, 6) is -1.21. The van der Waals surface area contributed by atoms with Crippen LogP contribution in [-0.2, 0) is 38.3 Å². The molecule has 2 rings (SSSR count). The van der Waals surface area contributed by atoms with Crippen molar-refractivity contribution in [3.8, 4) is 0 Å². The molecule has 0 saturated heterocycles. The quantitative estimate of drug-likeness (QED) is 0.839. The number of nitrogens with one attached hydrogen (secondary N) is 1. The highest BCUT2D eigenvalue weighted by Gasteiger charge is 2.14. The van der Waals surface area contributed by atoms with Crippen molar-refractivity contribution in [1.82, 2.24) is 5.32 Å². The zero-order chi connectivity index (χ0) is 16.7. The highest BCUT2D eigenvalue weighted by molar-refractivity contribution is 5.93. The van der Waals surface area contributed by atoms with Crippen LogP contribution < -0.4 is 5.32 Å². The molecule has 0 aromatic heterocycles. The Labute approximate surface area is 135 Å². The smallest absolute Gasteiger partial charge is 0.413 e. The molecule has 0 bridgehead atoms. The van der Waals surface area contributed by atoms with Gasteiger partial charge in [0.15, 0.2) is 6.61 Å². The van der Waals surface area contributed by atoms with Crippen LogP contribution in [0.25, 0.3) is 0 Å². The zero-order valence-electron chi connectivity index (χ0n) is 13.2. The van der Waals surface area contributed by atoms with Crippen LogP contribution in [-0.4, -0.2) is 31.2 Å². The van der Waals surface area contributed by atoms with E-state index in [4.69, 9.17) is 4.74 Å². The van der Waals surface area contributed by atoms with Gasteiger partial charge in [-0.05, 0) is 49.3 Å². The maximum atomic E-state index is 11.8. The minimum Gasteiger partial charge on any atom is -0.455 e. The number of alkyl carbamates (subject to hydrolysis) is 1. The molecule has 0 saturated carbocycles. The van der Waals surface area contributed by atoms with Crippen molar-refractivity contribution in [1.29, 1.82) is 0 Å². The number of amides is 2. The number of rotatable bonds is 5. The zero-order valence-corrected chi connectivity index (χ0v) is 13.2. The van der Waals surface area contributed by atoms with Crippen molar-refractivity contribution in [2.75, 3.05) is 13.2 Å². The highest BCUT2D eigenvalue weighted by atomic mass is 16.6. The summed E-state index contributed by atoms with van der Waals surface area (Å²) in [5.41, 5.74) is 3.52. The normalized spacial score (nSPS) is 12.9. The lowest BCUT2D eigenvalue weighted by Gasteiger charge is -2.16. The first kappa shape index (κ1) is 17.0. The monoisotopic (exact) mass is 319 g/mol. The van der Waals surface area contributed by atoms with Crippen molar-refractivity contribution in [3.63, 3.8) is 0 Å². The Balaban J connectivity index is 1.78. The molecule has 1 aromatic carbocycles. The summed E-state index contributed by atoms with van der Waals surface area (Å²) in [6.07, 6.45) is 3.79. The third-order valence-electron chi connectivity index (χ3n) is 3.64. The summed E-state index contributed by atoms with van der Waals surface area (Å²) >= 11 is 0. The Hall–Kier alpha value is -2.37. The van der Waals surface area contributed by atoms with Gasteiger partial charge in [-0.1, -0.05) is 18.2 Å². The second kappa shape index (κ2) is 8.31. The first-order valence-corrected chi connectivity index (χ1v) is 7.81. The van der Waals surface area contributed by atoms with Gasteiger partial charge >= 0.3 is 12.1 Å². The van der Waals surface area contributed by atoms with E-state index in [1.54, 1.807) is 6.92 Å². The van der Waals surface area contributed by atoms with Crippen molar-refractivity contribution >= 4 is 18.0 Å². The first-order valence-electron chi connectivity index (χ1n) is 7.81. The number of esters is 1. The standard InChI is InChI=1S/C17H21NO5/c1-2-22-17(21)18-15(19)11-23-16(20)10-12-7-8-13-5-3-4-6-14(13)9-12/h7-9H,2-6,10-11H2,1H3,(H,18,19,21). The van der Waals surface area contributed by atoms with Crippen molar-refractivity contribution in [2.45, 2.75) is 39.0 Å². The van der Waals surface area contributed by atoms with Crippen LogP contribution in [0.4, 0.5) is 4.79 Å². The largest absolute Gasteiger partial charge is 0.455 e. The SMILES string of the molecule is CCOC(=O)NC(=O)COC(=O)Cc1ccc2c(c1)CCCC2. The number of hydrogen-bond acceptors (Lipinski definition) is 5. The Kier molecular flexibility index (Phi) is 6.14. The number of ether oxygens (including phenoxy) is 2. The maximum Gasteiger partial charge on any atom is 0.413 e. The molecule has 1 N–H and O–H groups in total. The molecule has 0 radical (unpaired) electrons. The van der Waals surface area contributed by atoms with Crippen molar-refractivity contribution in [2.24, 2.45) is 0 Å². The average molecular weight is 319 g/mol. The van der Waals surface area contributed by atoms with E-state index in [9.17, 15) is 14.4 Å². The van der Waals surface area contributed by atoms with E-state index >= 15 is 0 Å². The molecule has 2 amide bonds. The van der Waals surface area contributed by atoms with E-state index in [1.165, 1.54) is 24.0 Å². The molecule has 1 aromatic rings. The van der Waals surface area contributed by atoms with Crippen molar-refractivity contribution in [3.05, 3.63) is 34.9 Å². The minimum absolute atomic E-state index is 0.111. The van der Waals surface area contributed by atoms with E-state index in [2.05, 4.69) is 10.8 Å². The first-order chi connectivity index (χ1) is 11.1. The molecule has 0 atom stereocenters. The summed E-state index contributed by atoms with van der Waals surface area (Å²) < 4.78 is 9.43. The summed E-state index contributed by atoms with van der Waals surface area (Å²) in [7, 11) is 0. The fraction of sp³-hybridized carbons (Fsp3) is 0.471. The average Bonchev–Trinajstić information content (AvgIpc) is 2.53. The van der Waals surface area contributed by atoms with Crippen LogP contribution in [0.5, 0.6) is 0 Å². The van der Waals surface area contributed by atoms with Gasteiger partial charge < -0.3 is 9.47 Å². The predicted octanol–water partition coefficient (Wildman–Crippen LogP) is 1.92. The number of benzene rings is 1. The Morgan fingerprint density at radius 1 is 1.09 bits per heavy atom. The molecule has 0 fully saturated rings. The van der Waals surface area contributed by atoms with Crippen molar-refractivity contribution < 1.29 is 23.9 Å². The molecule has 6 nitrogen and oxygen atoms in total. The lowest BCUT2D eigenvalue weighted by atomic mass is 9.90. The number of carbonyl (C=O) groups excluding carboxylic acids is 3. The van der Waals surface area contributed by atoms with Gasteiger partial charge in [-0.25, -0.2) is 4.79 Å². The molecule has 1 aliphatic rings. The Morgan fingerprint density at radius 3 is 2.57 bits per heavy atom. The second-order valence-electron chi connectivity index (χ2n) is 5.42. The molecule has 23 heavy (non-hydrogen) atoms. The predicted molar refractivity (Wildman–Crippen MR) is 82.9 cm³/mol. The summed E-state index contributed by atoms with van der Waals surface area (Å²) in [6, 6.07) is 6.02. The van der Waals surface area contributed by atoms with Gasteiger partial charge in [0, 0.05) is 0 Å². The second-order valence-corrected chi connectivity index (χ2v) is 5.42. The molecule has 6 heteroatoms. The van der Waals surface area contributed by atoms with Crippen LogP contribution in [0.15, 0.2) is 18.2 Å². The number of aryl methyl sites for hydroxylation is 2. The number of carbonyl (C=O) groups is 3. The number of fused-ring (bicyclic) bond motifs is 1. The molecular formula is C17H21NO5. The van der Waals surface area contributed by atoms with E-state index < -0.39 is 24.6 Å². The minimum atomic E-state index is -0.844. The van der Waals surface area contributed by atoms with E-state index in [1.807, 2.05) is 17.4 Å². The molecular weight excluding hydrogens is 298 g/mol. The van der Waals surface area contributed by atoms with Crippen LogP contribution in [0.3, 0.4) is 0 Å². The summed E-state index contributed by atoms with van der Waals surface area (Å²) in [5, 5.41) is 1.96. The van der Waals surface area contributed by atoms with Gasteiger partial charge in [0.05, 0.1) is 13.0 Å². The molecule has 0 heterocycles. The third kappa shape index (κ3) is 5.39. The van der Waals surface area contributed by atoms with Crippen LogP contribution in [0.1, 0.15) is 36.5 Å². The number of hydrogen-bond donors (Lipinski definition) is 1. The van der Waals surface area contributed by atoms with Gasteiger partial charge in [-0.15, -0.1) is 0 Å². The molecule has 0 unspecified atom stereocenters. The Bertz CT molecular complexity index is 597. The van der Waals surface area contributed by atoms with Gasteiger partial charge in [0.1, 0.15) is 0 Å². The van der Waals surface area contributed by atoms with Gasteiger partial charge in [-0.2, -0.15) is 0 Å². The molecule has 124 valence electrons. The molecule has 0 spiro atoms. The summed E-state index contributed by atoms with van der Waals surface area (Å²) in [4.78, 5) is 34.2. The maximum absolute atomic E-state index is 11.8. The lowest BCUT2D eigenvalue weighted by molar-refractivity contribution is -0.147. The Morgan fingerprint density at radius 2 is 1.83 bits per heavy atom. The third-order valence-corrected chi connectivity index (χ3v) is 3.64. The topological polar surface area (TPSA) is 81.7 Å². The van der Waals surface area contributed by atoms with E-state index in [-0.39, 0.29) is 13.0 Å². The fourth-order valence-corrected chi connectivity index (χ4v) is 2.58. The number of imide groups is 1. The fourth-order valence-electron chi connectivity index (χ4n) is 2.58. The lowest BCUT2D eigenvalue weighted by Crippen LogP contribution is -2.34. The van der Waals surface area contributed by atoms with Gasteiger partial charge in [-0.3, -0.25) is 14.9 Å². The van der Waals surface area contributed by atoms with Crippen LogP contribution in [0, 0.1) is 0 Å².